The molecule has 202 valence electrons. The van der Waals surface area contributed by atoms with Crippen molar-refractivity contribution in [2.75, 3.05) is 20.3 Å². The molecule has 0 amide bonds. The van der Waals surface area contributed by atoms with Gasteiger partial charge in [-0.3, -0.25) is 0 Å². The highest BCUT2D eigenvalue weighted by molar-refractivity contribution is 6.09. The predicted octanol–water partition coefficient (Wildman–Crippen LogP) is 7.90. The van der Waals surface area contributed by atoms with Gasteiger partial charge in [0.1, 0.15) is 17.2 Å². The molecule has 0 fully saturated rings. The van der Waals surface area contributed by atoms with Gasteiger partial charge < -0.3 is 23.9 Å². The molecule has 0 unspecified atom stereocenters. The Bertz CT molecular complexity index is 1130. The number of phenolic OH excluding ortho intramolecular Hbond substituents is 1. The van der Waals surface area contributed by atoms with Crippen molar-refractivity contribution < 1.29 is 24.1 Å². The summed E-state index contributed by atoms with van der Waals surface area (Å²) in [6.45, 7) is 13.0. The van der Waals surface area contributed by atoms with Crippen LogP contribution in [0.2, 0.25) is 0 Å². The highest BCUT2D eigenvalue weighted by Gasteiger charge is 2.23. The quantitative estimate of drug-likeness (QED) is 0.190. The smallest absolute Gasteiger partial charge is 0.355 e. The fourth-order valence-electron chi connectivity index (χ4n) is 3.52. The number of aryl methyl sites for hydroxylation is 1. The van der Waals surface area contributed by atoms with E-state index in [1.54, 1.807) is 38.5 Å². The van der Waals surface area contributed by atoms with E-state index in [9.17, 15) is 9.90 Å². The minimum atomic E-state index is -0.383. The molecule has 1 N–H and O–H groups in total. The SMILES string of the molecule is C/C=C/OC.C/C=C\CC.CCOC(=O)c1c(-c2ccc(OCC(C)C)cc2)c2cc(O)ccc2n1C. The van der Waals surface area contributed by atoms with Crippen LogP contribution in [0.1, 0.15) is 58.5 Å². The lowest BCUT2D eigenvalue weighted by Crippen LogP contribution is -2.11. The Kier molecular flexibility index (Phi) is 14.3. The summed E-state index contributed by atoms with van der Waals surface area (Å²) in [6.07, 6.45) is 8.80. The van der Waals surface area contributed by atoms with E-state index in [1.807, 2.05) is 55.8 Å². The zero-order valence-electron chi connectivity index (χ0n) is 23.6. The number of rotatable bonds is 8. The minimum absolute atomic E-state index is 0.154. The van der Waals surface area contributed by atoms with E-state index in [2.05, 4.69) is 37.7 Å². The third-order valence-electron chi connectivity index (χ3n) is 5.12. The fourth-order valence-corrected chi connectivity index (χ4v) is 3.52. The second kappa shape index (κ2) is 16.9. The van der Waals surface area contributed by atoms with Crippen LogP contribution in [-0.4, -0.2) is 36.0 Å². The normalized spacial score (nSPS) is 10.7. The average Bonchev–Trinajstić information content (AvgIpc) is 3.16. The van der Waals surface area contributed by atoms with Crippen LogP contribution in [-0.2, 0) is 16.5 Å². The van der Waals surface area contributed by atoms with E-state index >= 15 is 0 Å². The number of fused-ring (bicyclic) bond motifs is 1. The van der Waals surface area contributed by atoms with E-state index in [-0.39, 0.29) is 11.7 Å². The van der Waals surface area contributed by atoms with Crippen LogP contribution in [0, 0.1) is 5.92 Å². The molecule has 0 bridgehead atoms. The average molecular weight is 510 g/mol. The molecule has 0 saturated carbocycles. The van der Waals surface area contributed by atoms with Gasteiger partial charge in [-0.15, -0.1) is 0 Å². The van der Waals surface area contributed by atoms with Crippen molar-refractivity contribution in [2.24, 2.45) is 13.0 Å². The fraction of sp³-hybridized carbons (Fsp3) is 0.387. The number of aromatic nitrogens is 1. The molecule has 0 saturated heterocycles. The summed E-state index contributed by atoms with van der Waals surface area (Å²) in [4.78, 5) is 12.6. The number of methoxy groups -OCH3 is 1. The number of phenols is 1. The topological polar surface area (TPSA) is 69.9 Å². The monoisotopic (exact) mass is 509 g/mol. The number of nitrogens with zero attached hydrogens (tertiary/aromatic N) is 1. The maximum atomic E-state index is 12.6. The van der Waals surface area contributed by atoms with Gasteiger partial charge >= 0.3 is 5.97 Å². The van der Waals surface area contributed by atoms with Crippen molar-refractivity contribution >= 4 is 16.9 Å². The van der Waals surface area contributed by atoms with Crippen molar-refractivity contribution in [3.05, 3.63) is 72.6 Å². The van der Waals surface area contributed by atoms with Gasteiger partial charge in [-0.2, -0.15) is 0 Å². The number of benzene rings is 2. The molecule has 6 nitrogen and oxygen atoms in total. The van der Waals surface area contributed by atoms with Gasteiger partial charge in [0, 0.05) is 23.5 Å². The van der Waals surface area contributed by atoms with Gasteiger partial charge in [0.2, 0.25) is 0 Å². The lowest BCUT2D eigenvalue weighted by molar-refractivity contribution is 0.0517. The van der Waals surface area contributed by atoms with Crippen molar-refractivity contribution in [3.8, 4) is 22.6 Å². The molecule has 0 aliphatic heterocycles. The Morgan fingerprint density at radius 3 is 2.19 bits per heavy atom. The van der Waals surface area contributed by atoms with Crippen LogP contribution in [0.15, 0.2) is 67.0 Å². The largest absolute Gasteiger partial charge is 0.508 e. The van der Waals surface area contributed by atoms with Crippen LogP contribution < -0.4 is 4.74 Å². The Morgan fingerprint density at radius 1 is 1.05 bits per heavy atom. The Morgan fingerprint density at radius 2 is 1.73 bits per heavy atom. The zero-order valence-corrected chi connectivity index (χ0v) is 23.6. The molecule has 0 atom stereocenters. The summed E-state index contributed by atoms with van der Waals surface area (Å²) in [5.74, 6) is 1.00. The highest BCUT2D eigenvalue weighted by atomic mass is 16.5. The van der Waals surface area contributed by atoms with Crippen LogP contribution in [0.25, 0.3) is 22.0 Å². The number of esters is 1. The number of hydrogen-bond donors (Lipinski definition) is 1. The van der Waals surface area contributed by atoms with E-state index in [0.29, 0.717) is 24.8 Å². The van der Waals surface area contributed by atoms with Crippen LogP contribution >= 0.6 is 0 Å². The molecule has 0 aliphatic rings. The molecule has 6 heteroatoms. The summed E-state index contributed by atoms with van der Waals surface area (Å²) in [5, 5.41) is 10.8. The first-order valence-corrected chi connectivity index (χ1v) is 12.7. The molecule has 37 heavy (non-hydrogen) atoms. The molecule has 0 radical (unpaired) electrons. The Hall–Kier alpha value is -3.67. The summed E-state index contributed by atoms with van der Waals surface area (Å²) in [5.41, 5.74) is 2.93. The molecule has 0 spiro atoms. The molecular weight excluding hydrogens is 466 g/mol. The van der Waals surface area contributed by atoms with Gasteiger partial charge in [-0.05, 0) is 69.0 Å². The van der Waals surface area contributed by atoms with Gasteiger partial charge in [0.05, 0.1) is 26.6 Å². The molecule has 0 aliphatic carbocycles. The summed E-state index contributed by atoms with van der Waals surface area (Å²) >= 11 is 0. The standard InChI is InChI=1S/C22H25NO4.C5H10.C4H8O/c1-5-26-22(25)21-20(18-12-16(24)8-11-19(18)23(21)4)15-6-9-17(10-7-15)27-13-14(2)3;1-3-5-4-2;1-3-4-5-2/h6-12,14,24H,5,13H2,1-4H3;3,5H,4H2,1-2H3;3-4H,1-2H3/b;5-3-;4-3+. The Balaban J connectivity index is 0.000000583. The van der Waals surface area contributed by atoms with E-state index in [4.69, 9.17) is 9.47 Å². The van der Waals surface area contributed by atoms with Crippen LogP contribution in [0.3, 0.4) is 0 Å². The van der Waals surface area contributed by atoms with Gasteiger partial charge in [-0.1, -0.05) is 51.1 Å². The van der Waals surface area contributed by atoms with Gasteiger partial charge in [0.25, 0.3) is 0 Å². The third-order valence-corrected chi connectivity index (χ3v) is 5.12. The van der Waals surface area contributed by atoms with E-state index < -0.39 is 0 Å². The number of carbonyl (C=O) groups is 1. The van der Waals surface area contributed by atoms with Crippen molar-refractivity contribution in [3.63, 3.8) is 0 Å². The summed E-state index contributed by atoms with van der Waals surface area (Å²) in [7, 11) is 3.45. The molecule has 1 heterocycles. The number of allylic oxidation sites excluding steroid dienone is 3. The van der Waals surface area contributed by atoms with E-state index in [1.165, 1.54) is 0 Å². The highest BCUT2D eigenvalue weighted by Crippen LogP contribution is 2.37. The molecule has 2 aromatic carbocycles. The predicted molar refractivity (Wildman–Crippen MR) is 153 cm³/mol. The van der Waals surface area contributed by atoms with Crippen molar-refractivity contribution in [1.82, 2.24) is 4.57 Å². The van der Waals surface area contributed by atoms with E-state index in [0.717, 1.165) is 34.2 Å². The molecular formula is C31H43NO5. The number of carbonyl (C=O) groups excluding carboxylic acids is 1. The molecule has 3 aromatic rings. The number of aromatic hydroxyl groups is 1. The van der Waals surface area contributed by atoms with Crippen LogP contribution in [0.5, 0.6) is 11.5 Å². The summed E-state index contributed by atoms with van der Waals surface area (Å²) in [6, 6.07) is 12.7. The maximum absolute atomic E-state index is 12.6. The number of hydrogen-bond acceptors (Lipinski definition) is 5. The second-order valence-corrected chi connectivity index (χ2v) is 8.62. The lowest BCUT2D eigenvalue weighted by atomic mass is 10.0. The van der Waals surface area contributed by atoms with Gasteiger partial charge in [0.15, 0.2) is 0 Å². The van der Waals surface area contributed by atoms with Crippen LogP contribution in [0.4, 0.5) is 0 Å². The lowest BCUT2D eigenvalue weighted by Gasteiger charge is -2.10. The minimum Gasteiger partial charge on any atom is -0.508 e. The maximum Gasteiger partial charge on any atom is 0.355 e. The molecule has 1 aromatic heterocycles. The zero-order chi connectivity index (χ0) is 27.8. The van der Waals surface area contributed by atoms with Crippen molar-refractivity contribution in [1.29, 1.82) is 0 Å². The first-order valence-electron chi connectivity index (χ1n) is 12.7. The molecule has 3 rings (SSSR count). The second-order valence-electron chi connectivity index (χ2n) is 8.62. The first-order chi connectivity index (χ1) is 17.7. The van der Waals surface area contributed by atoms with Gasteiger partial charge in [-0.25, -0.2) is 4.79 Å². The summed E-state index contributed by atoms with van der Waals surface area (Å²) < 4.78 is 17.3. The Labute approximate surface area is 222 Å². The number of ether oxygens (including phenoxy) is 3. The van der Waals surface area contributed by atoms with Crippen molar-refractivity contribution in [2.45, 2.75) is 48.0 Å². The third kappa shape index (κ3) is 9.71. The first kappa shape index (κ1) is 31.4.